The Morgan fingerprint density at radius 2 is 2.20 bits per heavy atom. The maximum atomic E-state index is 9.24. The first-order valence-electron chi connectivity index (χ1n) is 6.15. The summed E-state index contributed by atoms with van der Waals surface area (Å²) >= 11 is 6.13. The zero-order valence-corrected chi connectivity index (χ0v) is 11.9. The molecule has 0 fully saturated rings. The predicted octanol–water partition coefficient (Wildman–Crippen LogP) is 2.23. The van der Waals surface area contributed by atoms with Crippen LogP contribution in [0.5, 0.6) is 0 Å². The highest BCUT2D eigenvalue weighted by molar-refractivity contribution is 6.31. The highest BCUT2D eigenvalue weighted by Crippen LogP contribution is 2.23. The number of methoxy groups -OCH3 is 1. The maximum Gasteiger partial charge on any atom is 0.140 e. The van der Waals surface area contributed by atoms with Crippen molar-refractivity contribution in [2.24, 2.45) is 0 Å². The van der Waals surface area contributed by atoms with E-state index in [2.05, 4.69) is 11.2 Å². The molecule has 0 saturated carbocycles. The minimum Gasteiger partial charge on any atom is -0.383 e. The van der Waals surface area contributed by atoms with Crippen molar-refractivity contribution in [3.8, 4) is 6.07 Å². The molecule has 5 nitrogen and oxygen atoms in total. The van der Waals surface area contributed by atoms with Crippen molar-refractivity contribution in [2.75, 3.05) is 19.5 Å². The topological polar surface area (TPSA) is 76.9 Å². The van der Waals surface area contributed by atoms with Crippen molar-refractivity contribution < 1.29 is 4.74 Å². The van der Waals surface area contributed by atoms with Crippen LogP contribution in [0.25, 0.3) is 0 Å². The van der Waals surface area contributed by atoms with Crippen molar-refractivity contribution in [1.82, 2.24) is 9.78 Å². The quantitative estimate of drug-likeness (QED) is 0.916. The number of anilines is 1. The molecule has 2 aromatic rings. The van der Waals surface area contributed by atoms with Gasteiger partial charge < -0.3 is 10.5 Å². The Labute approximate surface area is 122 Å². The van der Waals surface area contributed by atoms with E-state index in [0.717, 1.165) is 5.56 Å². The van der Waals surface area contributed by atoms with Gasteiger partial charge >= 0.3 is 0 Å². The van der Waals surface area contributed by atoms with E-state index < -0.39 is 0 Å². The summed E-state index contributed by atoms with van der Waals surface area (Å²) in [6.45, 7) is 1.00. The Morgan fingerprint density at radius 1 is 1.45 bits per heavy atom. The fraction of sp³-hybridized carbons (Fsp3) is 0.286. The lowest BCUT2D eigenvalue weighted by atomic mass is 10.1. The number of rotatable bonds is 5. The standard InChI is InChI=1S/C14H15ClN4O/c1-20-7-6-19-14(17)11(9-16)13(18-19)8-10-4-2-3-5-12(10)15/h2-5H,6-8,17H2,1H3. The third kappa shape index (κ3) is 2.93. The molecule has 6 heteroatoms. The third-order valence-corrected chi connectivity index (χ3v) is 3.37. The smallest absolute Gasteiger partial charge is 0.140 e. The van der Waals surface area contributed by atoms with Crippen molar-refractivity contribution >= 4 is 17.4 Å². The van der Waals surface area contributed by atoms with Crippen LogP contribution in [0.1, 0.15) is 16.8 Å². The molecule has 0 spiro atoms. The van der Waals surface area contributed by atoms with Crippen LogP contribution in [-0.4, -0.2) is 23.5 Å². The molecule has 2 rings (SSSR count). The van der Waals surface area contributed by atoms with Gasteiger partial charge in [-0.25, -0.2) is 4.68 Å². The molecule has 0 radical (unpaired) electrons. The van der Waals surface area contributed by atoms with Crippen LogP contribution in [0.4, 0.5) is 5.82 Å². The van der Waals surface area contributed by atoms with Crippen LogP contribution >= 0.6 is 11.6 Å². The van der Waals surface area contributed by atoms with Gasteiger partial charge in [-0.2, -0.15) is 10.4 Å². The van der Waals surface area contributed by atoms with Crippen LogP contribution < -0.4 is 5.73 Å². The molecule has 0 amide bonds. The number of nitriles is 1. The van der Waals surface area contributed by atoms with E-state index in [0.29, 0.717) is 41.7 Å². The maximum absolute atomic E-state index is 9.24. The lowest BCUT2D eigenvalue weighted by Gasteiger charge is -2.02. The Morgan fingerprint density at radius 3 is 2.85 bits per heavy atom. The minimum absolute atomic E-state index is 0.367. The zero-order chi connectivity index (χ0) is 14.5. The molecule has 0 atom stereocenters. The Bertz CT molecular complexity index is 645. The number of halogens is 1. The van der Waals surface area contributed by atoms with Gasteiger partial charge in [0.15, 0.2) is 0 Å². The minimum atomic E-state index is 0.367. The van der Waals surface area contributed by atoms with E-state index in [1.165, 1.54) is 0 Å². The number of benzene rings is 1. The molecular weight excluding hydrogens is 276 g/mol. The molecule has 1 aromatic carbocycles. The summed E-state index contributed by atoms with van der Waals surface area (Å²) < 4.78 is 6.59. The molecule has 0 unspecified atom stereocenters. The van der Waals surface area contributed by atoms with Gasteiger partial charge in [-0.1, -0.05) is 29.8 Å². The predicted molar refractivity (Wildman–Crippen MR) is 77.5 cm³/mol. The first kappa shape index (κ1) is 14.4. The summed E-state index contributed by atoms with van der Waals surface area (Å²) in [6.07, 6.45) is 0.479. The average molecular weight is 291 g/mol. The molecule has 1 aromatic heterocycles. The molecule has 104 valence electrons. The van der Waals surface area contributed by atoms with E-state index in [4.69, 9.17) is 22.1 Å². The molecule has 0 aliphatic carbocycles. The van der Waals surface area contributed by atoms with Gasteiger partial charge in [0, 0.05) is 18.6 Å². The number of nitrogens with two attached hydrogens (primary N) is 1. The SMILES string of the molecule is COCCn1nc(Cc2ccccc2Cl)c(C#N)c1N. The van der Waals surface area contributed by atoms with Gasteiger partial charge in [0.1, 0.15) is 17.5 Å². The molecule has 0 saturated heterocycles. The number of nitrogen functional groups attached to an aromatic ring is 1. The van der Waals surface area contributed by atoms with E-state index in [1.54, 1.807) is 11.8 Å². The van der Waals surface area contributed by atoms with E-state index in [-0.39, 0.29) is 0 Å². The van der Waals surface area contributed by atoms with Crippen LogP contribution in [0, 0.1) is 11.3 Å². The summed E-state index contributed by atoms with van der Waals surface area (Å²) in [6, 6.07) is 9.60. The van der Waals surface area contributed by atoms with Gasteiger partial charge in [-0.15, -0.1) is 0 Å². The van der Waals surface area contributed by atoms with Crippen molar-refractivity contribution in [2.45, 2.75) is 13.0 Å². The Hall–Kier alpha value is -2.03. The fourth-order valence-electron chi connectivity index (χ4n) is 1.94. The van der Waals surface area contributed by atoms with E-state index in [1.807, 2.05) is 24.3 Å². The second-order valence-corrected chi connectivity index (χ2v) is 4.71. The second-order valence-electron chi connectivity index (χ2n) is 4.30. The van der Waals surface area contributed by atoms with Crippen LogP contribution in [0.2, 0.25) is 5.02 Å². The first-order valence-corrected chi connectivity index (χ1v) is 6.52. The fourth-order valence-corrected chi connectivity index (χ4v) is 2.14. The molecule has 1 heterocycles. The van der Waals surface area contributed by atoms with Gasteiger partial charge in [0.05, 0.1) is 18.8 Å². The largest absolute Gasteiger partial charge is 0.383 e. The summed E-state index contributed by atoms with van der Waals surface area (Å²) in [5.74, 6) is 0.367. The number of aromatic nitrogens is 2. The lowest BCUT2D eigenvalue weighted by molar-refractivity contribution is 0.184. The summed E-state index contributed by atoms with van der Waals surface area (Å²) in [7, 11) is 1.61. The van der Waals surface area contributed by atoms with Crippen molar-refractivity contribution in [3.63, 3.8) is 0 Å². The molecule has 0 aliphatic heterocycles. The van der Waals surface area contributed by atoms with Gasteiger partial charge in [-0.3, -0.25) is 0 Å². The van der Waals surface area contributed by atoms with Crippen LogP contribution in [0.3, 0.4) is 0 Å². The normalized spacial score (nSPS) is 10.4. The highest BCUT2D eigenvalue weighted by atomic mass is 35.5. The van der Waals surface area contributed by atoms with Crippen molar-refractivity contribution in [1.29, 1.82) is 5.26 Å². The van der Waals surface area contributed by atoms with Gasteiger partial charge in [0.2, 0.25) is 0 Å². The lowest BCUT2D eigenvalue weighted by Crippen LogP contribution is -2.09. The van der Waals surface area contributed by atoms with Crippen molar-refractivity contribution in [3.05, 3.63) is 46.1 Å². The van der Waals surface area contributed by atoms with Crippen LogP contribution in [0.15, 0.2) is 24.3 Å². The Balaban J connectivity index is 2.32. The van der Waals surface area contributed by atoms with E-state index in [9.17, 15) is 5.26 Å². The highest BCUT2D eigenvalue weighted by Gasteiger charge is 2.16. The number of ether oxygens (including phenoxy) is 1. The number of nitrogens with zero attached hydrogens (tertiary/aromatic N) is 3. The van der Waals surface area contributed by atoms with Crippen LogP contribution in [-0.2, 0) is 17.7 Å². The number of hydrogen-bond acceptors (Lipinski definition) is 4. The summed E-state index contributed by atoms with van der Waals surface area (Å²) in [5.41, 5.74) is 7.89. The zero-order valence-electron chi connectivity index (χ0n) is 11.1. The number of hydrogen-bond donors (Lipinski definition) is 1. The van der Waals surface area contributed by atoms with Gasteiger partial charge in [-0.05, 0) is 11.6 Å². The Kier molecular flexibility index (Phi) is 4.61. The summed E-state index contributed by atoms with van der Waals surface area (Å²) in [5, 5.41) is 14.3. The summed E-state index contributed by atoms with van der Waals surface area (Å²) in [4.78, 5) is 0. The van der Waals surface area contributed by atoms with Gasteiger partial charge in [0.25, 0.3) is 0 Å². The second kappa shape index (κ2) is 6.42. The first-order chi connectivity index (χ1) is 9.67. The monoisotopic (exact) mass is 290 g/mol. The average Bonchev–Trinajstić information content (AvgIpc) is 2.74. The molecule has 20 heavy (non-hydrogen) atoms. The molecular formula is C14H15ClN4O. The molecule has 2 N–H and O–H groups in total. The molecule has 0 bridgehead atoms. The molecule has 0 aliphatic rings. The van der Waals surface area contributed by atoms with E-state index >= 15 is 0 Å². The third-order valence-electron chi connectivity index (χ3n) is 3.00.